The lowest BCUT2D eigenvalue weighted by Gasteiger charge is -2.24. The summed E-state index contributed by atoms with van der Waals surface area (Å²) in [5.41, 5.74) is -0.722. The van der Waals surface area contributed by atoms with E-state index in [2.05, 4.69) is 0 Å². The van der Waals surface area contributed by atoms with Gasteiger partial charge < -0.3 is 10.0 Å². The van der Waals surface area contributed by atoms with Crippen LogP contribution in [0.15, 0.2) is 17.5 Å². The van der Waals surface area contributed by atoms with Crippen LogP contribution in [0, 0.1) is 5.41 Å². The molecular formula is C14H19NO3S. The van der Waals surface area contributed by atoms with Crippen molar-refractivity contribution in [1.29, 1.82) is 0 Å². The predicted octanol–water partition coefficient (Wildman–Crippen LogP) is 2.39. The molecule has 1 atom stereocenters. The van der Waals surface area contributed by atoms with E-state index in [1.807, 2.05) is 24.4 Å². The van der Waals surface area contributed by atoms with Crippen LogP contribution < -0.4 is 0 Å². The molecule has 19 heavy (non-hydrogen) atoms. The molecule has 0 spiro atoms. The van der Waals surface area contributed by atoms with E-state index in [0.717, 1.165) is 11.3 Å². The van der Waals surface area contributed by atoms with Crippen LogP contribution in [0.5, 0.6) is 0 Å². The zero-order chi connectivity index (χ0) is 13.9. The Morgan fingerprint density at radius 1 is 1.53 bits per heavy atom. The maximum Gasteiger partial charge on any atom is 0.311 e. The number of carbonyl (C=O) groups is 2. The Bertz CT molecular complexity index is 457. The van der Waals surface area contributed by atoms with Crippen molar-refractivity contribution in [3.05, 3.63) is 22.4 Å². The van der Waals surface area contributed by atoms with Crippen LogP contribution in [-0.2, 0) is 16.0 Å². The van der Waals surface area contributed by atoms with Gasteiger partial charge in [-0.1, -0.05) is 19.4 Å². The van der Waals surface area contributed by atoms with Crippen molar-refractivity contribution in [2.75, 3.05) is 13.1 Å². The monoisotopic (exact) mass is 281 g/mol. The highest BCUT2D eigenvalue weighted by Crippen LogP contribution is 2.35. The van der Waals surface area contributed by atoms with Crippen molar-refractivity contribution < 1.29 is 14.7 Å². The molecule has 5 heteroatoms. The first-order valence-corrected chi connectivity index (χ1v) is 7.49. The van der Waals surface area contributed by atoms with Crippen molar-refractivity contribution >= 4 is 23.2 Å². The van der Waals surface area contributed by atoms with E-state index >= 15 is 0 Å². The van der Waals surface area contributed by atoms with Gasteiger partial charge >= 0.3 is 5.97 Å². The average Bonchev–Trinajstić information content (AvgIpc) is 2.99. The van der Waals surface area contributed by atoms with E-state index in [0.29, 0.717) is 32.4 Å². The molecule has 1 unspecified atom stereocenters. The van der Waals surface area contributed by atoms with E-state index in [1.165, 1.54) is 0 Å². The topological polar surface area (TPSA) is 57.6 Å². The van der Waals surface area contributed by atoms with Gasteiger partial charge in [0.15, 0.2) is 0 Å². The Balaban J connectivity index is 2.00. The molecule has 1 aliphatic heterocycles. The summed E-state index contributed by atoms with van der Waals surface area (Å²) in [6.45, 7) is 2.91. The Morgan fingerprint density at radius 2 is 2.32 bits per heavy atom. The van der Waals surface area contributed by atoms with Crippen LogP contribution >= 0.6 is 11.3 Å². The summed E-state index contributed by atoms with van der Waals surface area (Å²) >= 11 is 1.56. The maximum absolute atomic E-state index is 12.2. The number of hydrogen-bond donors (Lipinski definition) is 1. The summed E-state index contributed by atoms with van der Waals surface area (Å²) < 4.78 is 0. The van der Waals surface area contributed by atoms with Gasteiger partial charge in [-0.15, -0.1) is 11.3 Å². The molecule has 1 aliphatic rings. The minimum atomic E-state index is -0.763. The van der Waals surface area contributed by atoms with Crippen molar-refractivity contribution in [1.82, 2.24) is 4.90 Å². The van der Waals surface area contributed by atoms with Crippen LogP contribution in [-0.4, -0.2) is 35.0 Å². The van der Waals surface area contributed by atoms with Gasteiger partial charge in [0.1, 0.15) is 0 Å². The summed E-state index contributed by atoms with van der Waals surface area (Å²) in [6.07, 6.45) is 2.44. The molecule has 2 rings (SSSR count). The van der Waals surface area contributed by atoms with E-state index in [9.17, 15) is 14.7 Å². The van der Waals surface area contributed by atoms with Gasteiger partial charge in [-0.3, -0.25) is 9.59 Å². The quantitative estimate of drug-likeness (QED) is 0.901. The molecule has 1 N–H and O–H groups in total. The van der Waals surface area contributed by atoms with Crippen molar-refractivity contribution in [2.45, 2.75) is 32.6 Å². The van der Waals surface area contributed by atoms with Crippen LogP contribution in [0.25, 0.3) is 0 Å². The fourth-order valence-corrected chi connectivity index (χ4v) is 3.42. The molecule has 1 fully saturated rings. The van der Waals surface area contributed by atoms with Crippen LogP contribution in [0.4, 0.5) is 0 Å². The molecule has 2 heterocycles. The van der Waals surface area contributed by atoms with Gasteiger partial charge in [-0.2, -0.15) is 0 Å². The van der Waals surface area contributed by atoms with E-state index in [-0.39, 0.29) is 5.91 Å². The summed E-state index contributed by atoms with van der Waals surface area (Å²) in [5.74, 6) is -0.720. The Labute approximate surface area is 117 Å². The lowest BCUT2D eigenvalue weighted by Crippen LogP contribution is -2.37. The number of nitrogens with zero attached hydrogens (tertiary/aromatic N) is 1. The highest BCUT2D eigenvalue weighted by Gasteiger charge is 2.45. The fourth-order valence-electron chi connectivity index (χ4n) is 2.72. The second-order valence-electron chi connectivity index (χ2n) is 5.16. The van der Waals surface area contributed by atoms with Gasteiger partial charge in [0.05, 0.1) is 11.8 Å². The molecule has 4 nitrogen and oxygen atoms in total. The first kappa shape index (κ1) is 14.1. The van der Waals surface area contributed by atoms with Crippen molar-refractivity contribution in [3.63, 3.8) is 0 Å². The number of thiophene rings is 1. The molecule has 0 aromatic carbocycles. The molecule has 0 bridgehead atoms. The molecule has 104 valence electrons. The van der Waals surface area contributed by atoms with Gasteiger partial charge in [0.25, 0.3) is 0 Å². The SMILES string of the molecule is CCCC1(C(=O)O)CCN(C(=O)Cc2cccs2)C1. The lowest BCUT2D eigenvalue weighted by molar-refractivity contribution is -0.149. The zero-order valence-electron chi connectivity index (χ0n) is 11.1. The Morgan fingerprint density at radius 3 is 2.89 bits per heavy atom. The minimum absolute atomic E-state index is 0.0432. The molecular weight excluding hydrogens is 262 g/mol. The third-order valence-corrected chi connectivity index (χ3v) is 4.67. The number of likely N-dealkylation sites (tertiary alicyclic amines) is 1. The predicted molar refractivity (Wildman–Crippen MR) is 74.2 cm³/mol. The van der Waals surface area contributed by atoms with Crippen molar-refractivity contribution in [2.24, 2.45) is 5.41 Å². The number of aliphatic carboxylic acids is 1. The number of rotatable bonds is 5. The van der Waals surface area contributed by atoms with E-state index in [1.54, 1.807) is 16.2 Å². The normalized spacial score (nSPS) is 22.7. The molecule has 1 saturated heterocycles. The third-order valence-electron chi connectivity index (χ3n) is 3.79. The molecule has 0 saturated carbocycles. The Hall–Kier alpha value is -1.36. The molecule has 0 radical (unpaired) electrons. The van der Waals surface area contributed by atoms with E-state index < -0.39 is 11.4 Å². The molecule has 0 aliphatic carbocycles. The molecule has 1 aromatic heterocycles. The summed E-state index contributed by atoms with van der Waals surface area (Å²) in [4.78, 5) is 26.4. The average molecular weight is 281 g/mol. The molecule has 1 aromatic rings. The van der Waals surface area contributed by atoms with Gasteiger partial charge in [0.2, 0.25) is 5.91 Å². The second-order valence-corrected chi connectivity index (χ2v) is 6.19. The molecule has 1 amide bonds. The van der Waals surface area contributed by atoms with Crippen LogP contribution in [0.1, 0.15) is 31.1 Å². The highest BCUT2D eigenvalue weighted by molar-refractivity contribution is 7.10. The summed E-state index contributed by atoms with van der Waals surface area (Å²) in [6, 6.07) is 3.87. The second kappa shape index (κ2) is 5.74. The summed E-state index contributed by atoms with van der Waals surface area (Å²) in [5, 5.41) is 11.4. The standard InChI is InChI=1S/C14H19NO3S/c1-2-5-14(13(17)18)6-7-15(10-14)12(16)9-11-4-3-8-19-11/h3-4,8H,2,5-7,9-10H2,1H3,(H,17,18). The van der Waals surface area contributed by atoms with Gasteiger partial charge in [-0.05, 0) is 24.3 Å². The van der Waals surface area contributed by atoms with Crippen molar-refractivity contribution in [3.8, 4) is 0 Å². The smallest absolute Gasteiger partial charge is 0.311 e. The summed E-state index contributed by atoms with van der Waals surface area (Å²) in [7, 11) is 0. The van der Waals surface area contributed by atoms with Crippen LogP contribution in [0.3, 0.4) is 0 Å². The van der Waals surface area contributed by atoms with Gasteiger partial charge in [0, 0.05) is 18.0 Å². The largest absolute Gasteiger partial charge is 0.481 e. The number of carboxylic acid groups (broad SMARTS) is 1. The minimum Gasteiger partial charge on any atom is -0.481 e. The first-order valence-electron chi connectivity index (χ1n) is 6.61. The van der Waals surface area contributed by atoms with Crippen LogP contribution in [0.2, 0.25) is 0 Å². The fraction of sp³-hybridized carbons (Fsp3) is 0.571. The maximum atomic E-state index is 12.2. The third kappa shape index (κ3) is 2.97. The number of carbonyl (C=O) groups excluding carboxylic acids is 1. The first-order chi connectivity index (χ1) is 9.07. The highest BCUT2D eigenvalue weighted by atomic mass is 32.1. The number of hydrogen-bond acceptors (Lipinski definition) is 3. The van der Waals surface area contributed by atoms with Gasteiger partial charge in [-0.25, -0.2) is 0 Å². The zero-order valence-corrected chi connectivity index (χ0v) is 11.9. The lowest BCUT2D eigenvalue weighted by atomic mass is 9.83. The van der Waals surface area contributed by atoms with E-state index in [4.69, 9.17) is 0 Å². The number of carboxylic acids is 1. The Kier molecular flexibility index (Phi) is 4.24. The number of amides is 1.